The summed E-state index contributed by atoms with van der Waals surface area (Å²) in [6.45, 7) is 1.17. The van der Waals surface area contributed by atoms with Gasteiger partial charge in [0.1, 0.15) is 0 Å². The van der Waals surface area contributed by atoms with Crippen LogP contribution >= 0.6 is 23.2 Å². The number of carbonyl (C=O) groups excluding carboxylic acids is 1. The Morgan fingerprint density at radius 3 is 2.54 bits per heavy atom. The van der Waals surface area contributed by atoms with Crippen molar-refractivity contribution < 1.29 is 9.72 Å². The van der Waals surface area contributed by atoms with Crippen LogP contribution in [-0.2, 0) is 0 Å². The summed E-state index contributed by atoms with van der Waals surface area (Å²) in [5, 5.41) is 11.9. The third-order valence-electron chi connectivity index (χ3n) is 4.69. The molecule has 0 bridgehead atoms. The molecule has 1 atom stereocenters. The fraction of sp³-hybridized carbons (Fsp3) is 0.316. The van der Waals surface area contributed by atoms with Gasteiger partial charge in [-0.3, -0.25) is 14.9 Å². The van der Waals surface area contributed by atoms with Gasteiger partial charge >= 0.3 is 0 Å². The van der Waals surface area contributed by atoms with Crippen molar-refractivity contribution in [2.75, 3.05) is 13.1 Å². The van der Waals surface area contributed by atoms with E-state index in [-0.39, 0.29) is 28.1 Å². The molecule has 1 unspecified atom stereocenters. The van der Waals surface area contributed by atoms with Gasteiger partial charge in [-0.2, -0.15) is 0 Å². The standard InChI is InChI=1S/C19H18Cl2N2O3/c20-15-6-4-13(5-7-15)14-3-1-2-10-22(12-14)19(24)17-11-16(23(25)26)8-9-18(17)21/h4-9,11,14H,1-3,10,12H2. The molecule has 2 aromatic rings. The van der Waals surface area contributed by atoms with E-state index in [1.165, 1.54) is 18.2 Å². The van der Waals surface area contributed by atoms with E-state index in [4.69, 9.17) is 23.2 Å². The molecule has 1 aliphatic heterocycles. The van der Waals surface area contributed by atoms with Crippen molar-refractivity contribution >= 4 is 34.8 Å². The molecule has 1 aliphatic rings. The van der Waals surface area contributed by atoms with Gasteiger partial charge in [-0.05, 0) is 36.6 Å². The van der Waals surface area contributed by atoms with E-state index in [2.05, 4.69) is 0 Å². The van der Waals surface area contributed by atoms with Gasteiger partial charge in [0.05, 0.1) is 15.5 Å². The Kier molecular flexibility index (Phi) is 5.79. The van der Waals surface area contributed by atoms with Crippen LogP contribution in [0.2, 0.25) is 10.0 Å². The first kappa shape index (κ1) is 18.7. The fourth-order valence-corrected chi connectivity index (χ4v) is 3.62. The SMILES string of the molecule is O=C(c1cc([N+](=O)[O-])ccc1Cl)N1CCCCC(c2ccc(Cl)cc2)C1. The lowest BCUT2D eigenvalue weighted by Gasteiger charge is -2.25. The van der Waals surface area contributed by atoms with E-state index in [0.29, 0.717) is 18.1 Å². The number of hydrogen-bond donors (Lipinski definition) is 0. The first-order chi connectivity index (χ1) is 12.5. The highest BCUT2D eigenvalue weighted by Gasteiger charge is 2.26. The number of halogens is 2. The summed E-state index contributed by atoms with van der Waals surface area (Å²) >= 11 is 12.1. The summed E-state index contributed by atoms with van der Waals surface area (Å²) < 4.78 is 0. The number of nitrogens with zero attached hydrogens (tertiary/aromatic N) is 2. The number of nitro groups is 1. The zero-order chi connectivity index (χ0) is 18.7. The third-order valence-corrected chi connectivity index (χ3v) is 5.27. The first-order valence-corrected chi connectivity index (χ1v) is 9.20. The second kappa shape index (κ2) is 8.06. The highest BCUT2D eigenvalue weighted by atomic mass is 35.5. The van der Waals surface area contributed by atoms with E-state index in [0.717, 1.165) is 24.8 Å². The molecule has 7 heteroatoms. The number of benzene rings is 2. The summed E-state index contributed by atoms with van der Waals surface area (Å²) in [7, 11) is 0. The molecule has 1 saturated heterocycles. The molecule has 136 valence electrons. The normalized spacial score (nSPS) is 17.6. The van der Waals surface area contributed by atoms with E-state index in [9.17, 15) is 14.9 Å². The molecular weight excluding hydrogens is 375 g/mol. The van der Waals surface area contributed by atoms with Crippen LogP contribution in [0.3, 0.4) is 0 Å². The molecule has 1 heterocycles. The van der Waals surface area contributed by atoms with Crippen LogP contribution in [0.25, 0.3) is 0 Å². The van der Waals surface area contributed by atoms with Gasteiger partial charge < -0.3 is 4.90 Å². The van der Waals surface area contributed by atoms with E-state index in [1.807, 2.05) is 24.3 Å². The predicted molar refractivity (Wildman–Crippen MR) is 102 cm³/mol. The second-order valence-electron chi connectivity index (χ2n) is 6.42. The zero-order valence-corrected chi connectivity index (χ0v) is 15.5. The van der Waals surface area contributed by atoms with Crippen molar-refractivity contribution in [3.05, 3.63) is 73.8 Å². The number of non-ortho nitro benzene ring substituents is 1. The Morgan fingerprint density at radius 1 is 1.12 bits per heavy atom. The van der Waals surface area contributed by atoms with Crippen LogP contribution in [-0.4, -0.2) is 28.8 Å². The monoisotopic (exact) mass is 392 g/mol. The highest BCUT2D eigenvalue weighted by molar-refractivity contribution is 6.34. The number of likely N-dealkylation sites (tertiary alicyclic amines) is 1. The molecular formula is C19H18Cl2N2O3. The van der Waals surface area contributed by atoms with Crippen LogP contribution in [0.5, 0.6) is 0 Å². The predicted octanol–water partition coefficient (Wildman–Crippen LogP) is 5.31. The van der Waals surface area contributed by atoms with Crippen molar-refractivity contribution in [3.63, 3.8) is 0 Å². The van der Waals surface area contributed by atoms with Gasteiger partial charge in [-0.15, -0.1) is 0 Å². The lowest BCUT2D eigenvalue weighted by molar-refractivity contribution is -0.384. The number of nitro benzene ring substituents is 1. The minimum Gasteiger partial charge on any atom is -0.338 e. The minimum absolute atomic E-state index is 0.137. The minimum atomic E-state index is -0.522. The molecule has 1 fully saturated rings. The van der Waals surface area contributed by atoms with Crippen molar-refractivity contribution in [2.45, 2.75) is 25.2 Å². The number of hydrogen-bond acceptors (Lipinski definition) is 3. The number of carbonyl (C=O) groups is 1. The largest absolute Gasteiger partial charge is 0.338 e. The van der Waals surface area contributed by atoms with Crippen molar-refractivity contribution in [1.82, 2.24) is 4.90 Å². The Hall–Kier alpha value is -2.11. The van der Waals surface area contributed by atoms with Gasteiger partial charge in [-0.1, -0.05) is 41.8 Å². The molecule has 0 aromatic heterocycles. The summed E-state index contributed by atoms with van der Waals surface area (Å²) in [4.78, 5) is 25.2. The topological polar surface area (TPSA) is 63.4 Å². The lowest BCUT2D eigenvalue weighted by Crippen LogP contribution is -2.34. The van der Waals surface area contributed by atoms with Gasteiger partial charge in [0, 0.05) is 36.2 Å². The van der Waals surface area contributed by atoms with E-state index >= 15 is 0 Å². The third kappa shape index (κ3) is 4.17. The Bertz CT molecular complexity index is 824. The molecule has 5 nitrogen and oxygen atoms in total. The molecule has 26 heavy (non-hydrogen) atoms. The number of rotatable bonds is 3. The summed E-state index contributed by atoms with van der Waals surface area (Å²) in [5.41, 5.74) is 1.18. The van der Waals surface area contributed by atoms with E-state index in [1.54, 1.807) is 4.90 Å². The molecule has 0 N–H and O–H groups in total. The van der Waals surface area contributed by atoms with Crippen molar-refractivity contribution in [3.8, 4) is 0 Å². The maximum absolute atomic E-state index is 13.0. The molecule has 0 radical (unpaired) electrons. The zero-order valence-electron chi connectivity index (χ0n) is 14.0. The average molecular weight is 393 g/mol. The number of amides is 1. The van der Waals surface area contributed by atoms with Crippen LogP contribution in [0.15, 0.2) is 42.5 Å². The molecule has 0 saturated carbocycles. The van der Waals surface area contributed by atoms with Gasteiger partial charge in [0.15, 0.2) is 0 Å². The van der Waals surface area contributed by atoms with Gasteiger partial charge in [0.25, 0.3) is 11.6 Å². The summed E-state index contributed by atoms with van der Waals surface area (Å²) in [6, 6.07) is 11.6. The van der Waals surface area contributed by atoms with E-state index < -0.39 is 4.92 Å². The molecule has 1 amide bonds. The summed E-state index contributed by atoms with van der Waals surface area (Å²) in [6.07, 6.45) is 2.89. The van der Waals surface area contributed by atoms with Crippen LogP contribution in [0, 0.1) is 10.1 Å². The summed E-state index contributed by atoms with van der Waals surface area (Å²) in [5.74, 6) is -0.0595. The Balaban J connectivity index is 1.85. The van der Waals surface area contributed by atoms with Crippen molar-refractivity contribution in [1.29, 1.82) is 0 Å². The van der Waals surface area contributed by atoms with Crippen LogP contribution in [0.4, 0.5) is 5.69 Å². The molecule has 0 aliphatic carbocycles. The molecule has 0 spiro atoms. The quantitative estimate of drug-likeness (QED) is 0.524. The van der Waals surface area contributed by atoms with Crippen molar-refractivity contribution in [2.24, 2.45) is 0 Å². The molecule has 3 rings (SSSR count). The maximum atomic E-state index is 13.0. The lowest BCUT2D eigenvalue weighted by atomic mass is 9.94. The Labute approximate surface area is 161 Å². The molecule has 2 aromatic carbocycles. The first-order valence-electron chi connectivity index (χ1n) is 8.44. The van der Waals surface area contributed by atoms with Gasteiger partial charge in [-0.25, -0.2) is 0 Å². The van der Waals surface area contributed by atoms with Crippen LogP contribution in [0.1, 0.15) is 41.1 Å². The fourth-order valence-electron chi connectivity index (χ4n) is 3.29. The highest BCUT2D eigenvalue weighted by Crippen LogP contribution is 2.30. The van der Waals surface area contributed by atoms with Crippen LogP contribution < -0.4 is 0 Å². The average Bonchev–Trinajstić information content (AvgIpc) is 2.88. The maximum Gasteiger partial charge on any atom is 0.270 e. The van der Waals surface area contributed by atoms with Gasteiger partial charge in [0.2, 0.25) is 0 Å². The Morgan fingerprint density at radius 2 is 1.85 bits per heavy atom. The second-order valence-corrected chi connectivity index (χ2v) is 7.26. The smallest absolute Gasteiger partial charge is 0.270 e.